The van der Waals surface area contributed by atoms with Gasteiger partial charge in [-0.1, -0.05) is 65.7 Å². The monoisotopic (exact) mass is 631 g/mol. The smallest absolute Gasteiger partial charge is 0.264 e. The maximum Gasteiger partial charge on any atom is 0.264 e. The largest absolute Gasteiger partial charge is 0.352 e. The molecule has 0 spiro atoms. The van der Waals surface area contributed by atoms with Crippen LogP contribution in [0.15, 0.2) is 82.2 Å². The number of amides is 2. The van der Waals surface area contributed by atoms with Gasteiger partial charge >= 0.3 is 0 Å². The molecule has 3 aromatic carbocycles. The number of benzene rings is 3. The predicted molar refractivity (Wildman–Crippen MR) is 159 cm³/mol. The minimum absolute atomic E-state index is 0.00243. The topological polar surface area (TPSA) is 86.8 Å². The lowest BCUT2D eigenvalue weighted by Crippen LogP contribution is -2.53. The molecule has 40 heavy (non-hydrogen) atoms. The van der Waals surface area contributed by atoms with Gasteiger partial charge in [-0.15, -0.1) is 0 Å². The molecular formula is C30H35BrFN3O4S. The molecule has 0 aliphatic carbocycles. The number of hydrogen-bond acceptors (Lipinski definition) is 4. The Morgan fingerprint density at radius 1 is 0.975 bits per heavy atom. The SMILES string of the molecule is CC[C@H](C)NC(=O)[C@H](CC)N(Cc1ccc(F)cc1)C(=O)CN(c1cccc(Br)c1)S(=O)(=O)c1ccc(C)cc1. The van der Waals surface area contributed by atoms with Gasteiger partial charge in [0, 0.05) is 17.1 Å². The first-order valence-electron chi connectivity index (χ1n) is 13.2. The number of nitrogens with zero attached hydrogens (tertiary/aromatic N) is 2. The van der Waals surface area contributed by atoms with E-state index in [1.165, 1.54) is 29.2 Å². The lowest BCUT2D eigenvalue weighted by atomic mass is 10.1. The fourth-order valence-corrected chi connectivity index (χ4v) is 5.94. The molecule has 0 saturated heterocycles. The van der Waals surface area contributed by atoms with E-state index in [4.69, 9.17) is 0 Å². The van der Waals surface area contributed by atoms with Crippen LogP contribution in [0.25, 0.3) is 0 Å². The van der Waals surface area contributed by atoms with Crippen molar-refractivity contribution < 1.29 is 22.4 Å². The molecule has 0 aliphatic heterocycles. The van der Waals surface area contributed by atoms with E-state index in [0.29, 0.717) is 28.6 Å². The summed E-state index contributed by atoms with van der Waals surface area (Å²) in [7, 11) is -4.16. The molecular weight excluding hydrogens is 597 g/mol. The molecule has 2 atom stereocenters. The highest BCUT2D eigenvalue weighted by Gasteiger charge is 2.34. The minimum atomic E-state index is -4.16. The van der Waals surface area contributed by atoms with Gasteiger partial charge in [0.1, 0.15) is 18.4 Å². The van der Waals surface area contributed by atoms with Crippen LogP contribution in [-0.2, 0) is 26.2 Å². The maximum absolute atomic E-state index is 14.0. The molecule has 2 amide bonds. The zero-order valence-corrected chi connectivity index (χ0v) is 25.5. The second-order valence-electron chi connectivity index (χ2n) is 9.69. The van der Waals surface area contributed by atoms with Crippen molar-refractivity contribution in [2.75, 3.05) is 10.8 Å². The van der Waals surface area contributed by atoms with E-state index in [0.717, 1.165) is 9.87 Å². The molecule has 1 N–H and O–H groups in total. The second-order valence-corrected chi connectivity index (χ2v) is 12.5. The van der Waals surface area contributed by atoms with Gasteiger partial charge < -0.3 is 10.2 Å². The summed E-state index contributed by atoms with van der Waals surface area (Å²) in [5.74, 6) is -1.32. The number of carbonyl (C=O) groups is 2. The van der Waals surface area contributed by atoms with E-state index in [9.17, 15) is 22.4 Å². The summed E-state index contributed by atoms with van der Waals surface area (Å²) in [6.07, 6.45) is 1.01. The molecule has 0 aromatic heterocycles. The van der Waals surface area contributed by atoms with Crippen LogP contribution in [0, 0.1) is 12.7 Å². The summed E-state index contributed by atoms with van der Waals surface area (Å²) in [6.45, 7) is 6.93. The molecule has 0 aliphatic rings. The van der Waals surface area contributed by atoms with Crippen molar-refractivity contribution in [3.05, 3.63) is 94.2 Å². The maximum atomic E-state index is 14.0. The lowest BCUT2D eigenvalue weighted by molar-refractivity contribution is -0.140. The molecule has 0 unspecified atom stereocenters. The van der Waals surface area contributed by atoms with E-state index in [1.54, 1.807) is 55.5 Å². The minimum Gasteiger partial charge on any atom is -0.352 e. The van der Waals surface area contributed by atoms with E-state index in [2.05, 4.69) is 21.2 Å². The molecule has 0 heterocycles. The molecule has 3 rings (SSSR count). The number of hydrogen-bond donors (Lipinski definition) is 1. The van der Waals surface area contributed by atoms with E-state index >= 15 is 0 Å². The third-order valence-corrected chi connectivity index (χ3v) is 8.92. The van der Waals surface area contributed by atoms with Gasteiger partial charge in [-0.3, -0.25) is 13.9 Å². The summed E-state index contributed by atoms with van der Waals surface area (Å²) in [6, 6.07) is 17.8. The van der Waals surface area contributed by atoms with Crippen molar-refractivity contribution in [2.24, 2.45) is 0 Å². The first kappa shape index (κ1) is 31.3. The van der Waals surface area contributed by atoms with Crippen molar-refractivity contribution in [3.63, 3.8) is 0 Å². The molecule has 3 aromatic rings. The Labute approximate surface area is 244 Å². The highest BCUT2D eigenvalue weighted by atomic mass is 79.9. The number of aryl methyl sites for hydroxylation is 1. The molecule has 0 bridgehead atoms. The highest BCUT2D eigenvalue weighted by molar-refractivity contribution is 9.10. The number of sulfonamides is 1. The molecule has 10 heteroatoms. The van der Waals surface area contributed by atoms with Crippen molar-refractivity contribution in [3.8, 4) is 0 Å². The van der Waals surface area contributed by atoms with Gasteiger partial charge in [-0.05, 0) is 74.7 Å². The number of rotatable bonds is 12. The Hall–Kier alpha value is -3.24. The first-order chi connectivity index (χ1) is 19.0. The Balaban J connectivity index is 2.05. The van der Waals surface area contributed by atoms with Crippen LogP contribution in [-0.4, -0.2) is 43.8 Å². The molecule has 0 saturated carbocycles. The van der Waals surface area contributed by atoms with Crippen LogP contribution in [0.5, 0.6) is 0 Å². The molecule has 0 fully saturated rings. The lowest BCUT2D eigenvalue weighted by Gasteiger charge is -2.33. The quantitative estimate of drug-likeness (QED) is 0.273. The van der Waals surface area contributed by atoms with Gasteiger partial charge in [0.2, 0.25) is 11.8 Å². The van der Waals surface area contributed by atoms with Crippen LogP contribution in [0.4, 0.5) is 10.1 Å². The zero-order valence-electron chi connectivity index (χ0n) is 23.1. The summed E-state index contributed by atoms with van der Waals surface area (Å²) in [5.41, 5.74) is 1.80. The second kappa shape index (κ2) is 13.9. The predicted octanol–water partition coefficient (Wildman–Crippen LogP) is 5.81. The van der Waals surface area contributed by atoms with Gasteiger partial charge in [0.05, 0.1) is 10.6 Å². The van der Waals surface area contributed by atoms with Crippen LogP contribution < -0.4 is 9.62 Å². The van der Waals surface area contributed by atoms with E-state index in [-0.39, 0.29) is 23.4 Å². The van der Waals surface area contributed by atoms with Crippen LogP contribution in [0.2, 0.25) is 0 Å². The normalized spacial score (nSPS) is 12.8. The number of halogens is 2. The van der Waals surface area contributed by atoms with Gasteiger partial charge in [-0.2, -0.15) is 0 Å². The third-order valence-electron chi connectivity index (χ3n) is 6.64. The summed E-state index contributed by atoms with van der Waals surface area (Å²) < 4.78 is 43.1. The van der Waals surface area contributed by atoms with E-state index in [1.807, 2.05) is 20.8 Å². The Kier molecular flexibility index (Phi) is 10.9. The standard InChI is InChI=1S/C30H35BrFN3O4S/c1-5-22(4)33-30(37)28(6-2)34(19-23-12-14-25(32)15-13-23)29(36)20-35(26-9-7-8-24(31)18-26)40(38,39)27-16-10-21(3)11-17-27/h7-18,22,28H,5-6,19-20H2,1-4H3,(H,33,37)/t22-,28-/m0/s1. The van der Waals surface area contributed by atoms with Crippen LogP contribution in [0.3, 0.4) is 0 Å². The Morgan fingerprint density at radius 2 is 1.62 bits per heavy atom. The third kappa shape index (κ3) is 7.91. The van der Waals surface area contributed by atoms with Crippen molar-refractivity contribution in [1.29, 1.82) is 0 Å². The molecule has 0 radical (unpaired) electrons. The summed E-state index contributed by atoms with van der Waals surface area (Å²) in [5, 5.41) is 2.93. The molecule has 214 valence electrons. The summed E-state index contributed by atoms with van der Waals surface area (Å²) in [4.78, 5) is 28.7. The number of anilines is 1. The first-order valence-corrected chi connectivity index (χ1v) is 15.4. The summed E-state index contributed by atoms with van der Waals surface area (Å²) >= 11 is 3.39. The van der Waals surface area contributed by atoms with E-state index < -0.39 is 34.3 Å². The van der Waals surface area contributed by atoms with Gasteiger partial charge in [0.25, 0.3) is 10.0 Å². The Bertz CT molecular complexity index is 1420. The van der Waals surface area contributed by atoms with Gasteiger partial charge in [-0.25, -0.2) is 12.8 Å². The fourth-order valence-electron chi connectivity index (χ4n) is 4.14. The van der Waals surface area contributed by atoms with Crippen molar-refractivity contribution in [1.82, 2.24) is 10.2 Å². The average Bonchev–Trinajstić information content (AvgIpc) is 2.92. The number of carbonyl (C=O) groups excluding carboxylic acids is 2. The number of nitrogens with one attached hydrogen (secondary N) is 1. The average molecular weight is 633 g/mol. The van der Waals surface area contributed by atoms with Gasteiger partial charge in [0.15, 0.2) is 0 Å². The highest BCUT2D eigenvalue weighted by Crippen LogP contribution is 2.27. The zero-order chi connectivity index (χ0) is 29.4. The van der Waals surface area contributed by atoms with Crippen molar-refractivity contribution in [2.45, 2.75) is 64.1 Å². The van der Waals surface area contributed by atoms with Crippen molar-refractivity contribution >= 4 is 43.5 Å². The van der Waals surface area contributed by atoms with Crippen LogP contribution in [0.1, 0.15) is 44.7 Å². The van der Waals surface area contributed by atoms with Crippen LogP contribution >= 0.6 is 15.9 Å². The molecule has 7 nitrogen and oxygen atoms in total. The fraction of sp³-hybridized carbons (Fsp3) is 0.333. The Morgan fingerprint density at radius 3 is 2.20 bits per heavy atom.